The SMILES string of the molecule is CC(=O)OCC1OC(OCCCCCC(=O)O)C(N)C(C=O)C1OC(C)=O. The predicted octanol–water partition coefficient (Wildman–Crippen LogP) is 0.0101. The Kier molecular flexibility index (Phi) is 9.90. The average Bonchev–Trinajstić information content (AvgIpc) is 2.58. The quantitative estimate of drug-likeness (QED) is 0.281. The number of hydrogen-bond acceptors (Lipinski definition) is 9. The monoisotopic (exact) mass is 389 g/mol. The Balaban J connectivity index is 2.67. The molecule has 0 bridgehead atoms. The van der Waals surface area contributed by atoms with E-state index in [1.807, 2.05) is 0 Å². The van der Waals surface area contributed by atoms with Crippen LogP contribution in [0.2, 0.25) is 0 Å². The van der Waals surface area contributed by atoms with Gasteiger partial charge in [-0.1, -0.05) is 6.42 Å². The number of nitrogens with two attached hydrogens (primary N) is 1. The molecule has 5 unspecified atom stereocenters. The molecule has 1 saturated heterocycles. The number of ether oxygens (including phenoxy) is 4. The second-order valence-corrected chi connectivity index (χ2v) is 6.29. The van der Waals surface area contributed by atoms with Gasteiger partial charge in [-0.05, 0) is 12.8 Å². The van der Waals surface area contributed by atoms with Crippen LogP contribution in [0.15, 0.2) is 0 Å². The molecule has 10 heteroatoms. The van der Waals surface area contributed by atoms with Crippen LogP contribution in [0.3, 0.4) is 0 Å². The number of aliphatic carboxylic acids is 1. The number of carboxylic acid groups (broad SMARTS) is 1. The number of aldehydes is 1. The van der Waals surface area contributed by atoms with Gasteiger partial charge in [-0.2, -0.15) is 0 Å². The van der Waals surface area contributed by atoms with Gasteiger partial charge >= 0.3 is 17.9 Å². The number of carboxylic acids is 1. The standard InChI is InChI=1S/C17H27NO9/c1-10(20)25-9-13-16(26-11(2)21)12(8-19)15(18)17(27-13)24-7-5-3-4-6-14(22)23/h8,12-13,15-17H,3-7,9,18H2,1-2H3,(H,22,23). The number of unbranched alkanes of at least 4 members (excludes halogenated alkanes) is 2. The molecule has 0 aromatic heterocycles. The van der Waals surface area contributed by atoms with Crippen LogP contribution in [0.25, 0.3) is 0 Å². The first kappa shape index (κ1) is 23.0. The summed E-state index contributed by atoms with van der Waals surface area (Å²) in [5.74, 6) is -2.91. The van der Waals surface area contributed by atoms with Crippen LogP contribution in [-0.4, -0.2) is 67.1 Å². The summed E-state index contributed by atoms with van der Waals surface area (Å²) in [6.07, 6.45) is -0.420. The summed E-state index contributed by atoms with van der Waals surface area (Å²) in [4.78, 5) is 44.4. The highest BCUT2D eigenvalue weighted by atomic mass is 16.7. The van der Waals surface area contributed by atoms with Crippen LogP contribution in [0, 0.1) is 5.92 Å². The second-order valence-electron chi connectivity index (χ2n) is 6.29. The van der Waals surface area contributed by atoms with Gasteiger partial charge in [0.1, 0.15) is 25.1 Å². The molecule has 1 aliphatic rings. The van der Waals surface area contributed by atoms with Crippen molar-refractivity contribution in [1.29, 1.82) is 0 Å². The van der Waals surface area contributed by atoms with Gasteiger partial charge in [-0.15, -0.1) is 0 Å². The maximum Gasteiger partial charge on any atom is 0.303 e. The first-order valence-corrected chi connectivity index (χ1v) is 8.76. The molecule has 0 aromatic carbocycles. The largest absolute Gasteiger partial charge is 0.481 e. The van der Waals surface area contributed by atoms with Gasteiger partial charge in [0.05, 0.1) is 12.0 Å². The average molecular weight is 389 g/mol. The van der Waals surface area contributed by atoms with E-state index < -0.39 is 48.4 Å². The summed E-state index contributed by atoms with van der Waals surface area (Å²) in [6.45, 7) is 2.44. The van der Waals surface area contributed by atoms with E-state index in [9.17, 15) is 19.2 Å². The number of esters is 2. The smallest absolute Gasteiger partial charge is 0.303 e. The van der Waals surface area contributed by atoms with Gasteiger partial charge in [0.2, 0.25) is 0 Å². The molecular weight excluding hydrogens is 362 g/mol. The zero-order valence-corrected chi connectivity index (χ0v) is 15.5. The number of carbonyl (C=O) groups excluding carboxylic acids is 3. The first-order chi connectivity index (χ1) is 12.8. The molecule has 1 fully saturated rings. The number of carbonyl (C=O) groups is 4. The summed E-state index contributed by atoms with van der Waals surface area (Å²) in [7, 11) is 0. The second kappa shape index (κ2) is 11.6. The summed E-state index contributed by atoms with van der Waals surface area (Å²) < 4.78 is 21.4. The van der Waals surface area contributed by atoms with Crippen LogP contribution < -0.4 is 5.73 Å². The van der Waals surface area contributed by atoms with Gasteiger partial charge in [0.25, 0.3) is 0 Å². The van der Waals surface area contributed by atoms with Crippen molar-refractivity contribution < 1.29 is 43.2 Å². The first-order valence-electron chi connectivity index (χ1n) is 8.76. The van der Waals surface area contributed by atoms with Gasteiger partial charge in [0, 0.05) is 26.9 Å². The van der Waals surface area contributed by atoms with Crippen molar-refractivity contribution in [2.45, 2.75) is 64.1 Å². The van der Waals surface area contributed by atoms with E-state index in [-0.39, 0.29) is 19.6 Å². The molecule has 0 aliphatic carbocycles. The third-order valence-electron chi connectivity index (χ3n) is 4.04. The van der Waals surface area contributed by atoms with Crippen molar-refractivity contribution in [2.24, 2.45) is 11.7 Å². The topological polar surface area (TPSA) is 151 Å². The minimum absolute atomic E-state index is 0.0845. The summed E-state index contributed by atoms with van der Waals surface area (Å²) in [6, 6.07) is -0.876. The fraction of sp³-hybridized carbons (Fsp3) is 0.765. The van der Waals surface area contributed by atoms with E-state index in [0.29, 0.717) is 25.5 Å². The molecule has 0 amide bonds. The Bertz CT molecular complexity index is 525. The molecule has 27 heavy (non-hydrogen) atoms. The maximum absolute atomic E-state index is 11.5. The number of rotatable bonds is 11. The van der Waals surface area contributed by atoms with Crippen molar-refractivity contribution in [3.8, 4) is 0 Å². The molecule has 5 atom stereocenters. The van der Waals surface area contributed by atoms with E-state index in [0.717, 1.165) is 0 Å². The minimum atomic E-state index is -0.996. The zero-order chi connectivity index (χ0) is 20.4. The van der Waals surface area contributed by atoms with Crippen molar-refractivity contribution in [3.05, 3.63) is 0 Å². The zero-order valence-electron chi connectivity index (χ0n) is 15.5. The molecule has 1 heterocycles. The van der Waals surface area contributed by atoms with Gasteiger partial charge < -0.3 is 34.6 Å². The Morgan fingerprint density at radius 1 is 1.15 bits per heavy atom. The Morgan fingerprint density at radius 3 is 2.41 bits per heavy atom. The molecule has 1 rings (SSSR count). The molecule has 10 nitrogen and oxygen atoms in total. The van der Waals surface area contributed by atoms with Crippen LogP contribution in [-0.2, 0) is 38.1 Å². The molecule has 154 valence electrons. The predicted molar refractivity (Wildman–Crippen MR) is 90.4 cm³/mol. The third-order valence-corrected chi connectivity index (χ3v) is 4.04. The Hall–Kier alpha value is -2.04. The van der Waals surface area contributed by atoms with E-state index in [2.05, 4.69) is 0 Å². The maximum atomic E-state index is 11.5. The van der Waals surface area contributed by atoms with Crippen molar-refractivity contribution in [1.82, 2.24) is 0 Å². The lowest BCUT2D eigenvalue weighted by Gasteiger charge is -2.42. The summed E-state index contributed by atoms with van der Waals surface area (Å²) in [5, 5.41) is 8.60. The van der Waals surface area contributed by atoms with E-state index in [1.54, 1.807) is 0 Å². The Morgan fingerprint density at radius 2 is 1.85 bits per heavy atom. The Labute approximate surface area is 157 Å². The van der Waals surface area contributed by atoms with Crippen molar-refractivity contribution in [2.75, 3.05) is 13.2 Å². The normalized spacial score (nSPS) is 27.6. The summed E-state index contributed by atoms with van der Waals surface area (Å²) >= 11 is 0. The van der Waals surface area contributed by atoms with E-state index >= 15 is 0 Å². The highest BCUT2D eigenvalue weighted by molar-refractivity contribution is 5.68. The molecule has 0 radical (unpaired) electrons. The van der Waals surface area contributed by atoms with Crippen LogP contribution in [0.5, 0.6) is 0 Å². The van der Waals surface area contributed by atoms with E-state index in [1.165, 1.54) is 13.8 Å². The highest BCUT2D eigenvalue weighted by Crippen LogP contribution is 2.27. The molecule has 0 spiro atoms. The van der Waals surface area contributed by atoms with Gasteiger partial charge in [0.15, 0.2) is 6.29 Å². The minimum Gasteiger partial charge on any atom is -0.481 e. The van der Waals surface area contributed by atoms with Crippen LogP contribution in [0.4, 0.5) is 0 Å². The fourth-order valence-corrected chi connectivity index (χ4v) is 2.74. The highest BCUT2D eigenvalue weighted by Gasteiger charge is 2.47. The third kappa shape index (κ3) is 8.02. The van der Waals surface area contributed by atoms with Crippen molar-refractivity contribution in [3.63, 3.8) is 0 Å². The fourth-order valence-electron chi connectivity index (χ4n) is 2.74. The molecule has 3 N–H and O–H groups in total. The van der Waals surface area contributed by atoms with Crippen LogP contribution >= 0.6 is 0 Å². The molecular formula is C17H27NO9. The molecule has 0 saturated carbocycles. The lowest BCUT2D eigenvalue weighted by atomic mass is 9.88. The lowest BCUT2D eigenvalue weighted by Crippen LogP contribution is -2.61. The summed E-state index contributed by atoms with van der Waals surface area (Å²) in [5.41, 5.74) is 6.04. The van der Waals surface area contributed by atoms with Crippen molar-refractivity contribution >= 4 is 24.2 Å². The molecule has 1 aliphatic heterocycles. The van der Waals surface area contributed by atoms with Gasteiger partial charge in [-0.25, -0.2) is 0 Å². The van der Waals surface area contributed by atoms with Gasteiger partial charge in [-0.3, -0.25) is 14.4 Å². The molecule has 0 aromatic rings. The number of hydrogen-bond donors (Lipinski definition) is 2. The lowest BCUT2D eigenvalue weighted by molar-refractivity contribution is -0.256. The van der Waals surface area contributed by atoms with Crippen LogP contribution in [0.1, 0.15) is 39.5 Å². The van der Waals surface area contributed by atoms with E-state index in [4.69, 9.17) is 29.8 Å².